The van der Waals surface area contributed by atoms with E-state index in [2.05, 4.69) is 5.32 Å². The number of amides is 2. The maximum absolute atomic E-state index is 13.0. The van der Waals surface area contributed by atoms with E-state index in [-0.39, 0.29) is 18.9 Å². The summed E-state index contributed by atoms with van der Waals surface area (Å²) in [5.74, 6) is -2.36. The van der Waals surface area contributed by atoms with Gasteiger partial charge in [-0.05, 0) is 61.4 Å². The number of hydrogen-bond acceptors (Lipinski definition) is 4. The van der Waals surface area contributed by atoms with Gasteiger partial charge in [-0.2, -0.15) is 0 Å². The van der Waals surface area contributed by atoms with Gasteiger partial charge in [-0.15, -0.1) is 0 Å². The molecule has 0 unspecified atom stereocenters. The van der Waals surface area contributed by atoms with Gasteiger partial charge in [0.15, 0.2) is 6.61 Å². The molecule has 1 aliphatic heterocycles. The van der Waals surface area contributed by atoms with Crippen LogP contribution in [0.1, 0.15) is 17.5 Å². The first-order valence-corrected chi connectivity index (χ1v) is 8.93. The molecule has 6 nitrogen and oxygen atoms in total. The Balaban J connectivity index is 1.52. The number of anilines is 2. The Bertz CT molecular complexity index is 911. The summed E-state index contributed by atoms with van der Waals surface area (Å²) >= 11 is 0. The molecule has 1 N–H and O–H groups in total. The molecule has 2 amide bonds. The van der Waals surface area contributed by atoms with Gasteiger partial charge in [-0.25, -0.2) is 4.39 Å². The van der Waals surface area contributed by atoms with Crippen molar-refractivity contribution in [3.05, 3.63) is 59.4 Å². The molecule has 3 rings (SSSR count). The SMILES string of the molecule is Cc1ccc(NC(=O)COC(=O)[C@@H]2CC(=O)N(c3ccc(F)cc3)C2)cc1C. The number of nitrogens with zero attached hydrogens (tertiary/aromatic N) is 1. The maximum Gasteiger partial charge on any atom is 0.311 e. The standard InChI is InChI=1S/C21H21FN2O4/c1-13-3-6-17(9-14(13)2)23-19(25)12-28-21(27)15-10-20(26)24(11-15)18-7-4-16(22)5-8-18/h3-9,15H,10-12H2,1-2H3,(H,23,25)/t15-/m1/s1. The van der Waals surface area contributed by atoms with E-state index < -0.39 is 30.2 Å². The molecule has 28 heavy (non-hydrogen) atoms. The lowest BCUT2D eigenvalue weighted by molar-refractivity contribution is -0.151. The maximum atomic E-state index is 13.0. The van der Waals surface area contributed by atoms with E-state index in [1.54, 1.807) is 6.07 Å². The highest BCUT2D eigenvalue weighted by atomic mass is 19.1. The number of aryl methyl sites for hydroxylation is 2. The Hall–Kier alpha value is -3.22. The van der Waals surface area contributed by atoms with Crippen LogP contribution in [0.25, 0.3) is 0 Å². The second kappa shape index (κ2) is 8.21. The first-order chi connectivity index (χ1) is 13.3. The van der Waals surface area contributed by atoms with Gasteiger partial charge < -0.3 is 15.0 Å². The molecule has 1 saturated heterocycles. The zero-order valence-electron chi connectivity index (χ0n) is 15.7. The summed E-state index contributed by atoms with van der Waals surface area (Å²) in [7, 11) is 0. The number of halogens is 1. The average Bonchev–Trinajstić information content (AvgIpc) is 3.05. The minimum absolute atomic E-state index is 0.00497. The van der Waals surface area contributed by atoms with E-state index in [9.17, 15) is 18.8 Å². The molecule has 146 valence electrons. The number of hydrogen-bond donors (Lipinski definition) is 1. The number of ether oxygens (including phenoxy) is 1. The Labute approximate surface area is 162 Å². The lowest BCUT2D eigenvalue weighted by Gasteiger charge is -2.16. The Morgan fingerprint density at radius 2 is 1.86 bits per heavy atom. The van der Waals surface area contributed by atoms with Gasteiger partial charge in [0.25, 0.3) is 5.91 Å². The molecule has 0 saturated carbocycles. The van der Waals surface area contributed by atoms with Crippen LogP contribution in [0.15, 0.2) is 42.5 Å². The molecule has 2 aromatic carbocycles. The smallest absolute Gasteiger partial charge is 0.311 e. The van der Waals surface area contributed by atoms with Crippen molar-refractivity contribution in [2.24, 2.45) is 5.92 Å². The van der Waals surface area contributed by atoms with Crippen molar-refractivity contribution in [2.75, 3.05) is 23.4 Å². The second-order valence-electron chi connectivity index (χ2n) is 6.84. The molecule has 0 radical (unpaired) electrons. The van der Waals surface area contributed by atoms with E-state index >= 15 is 0 Å². The third kappa shape index (κ3) is 4.54. The third-order valence-corrected chi connectivity index (χ3v) is 4.73. The minimum atomic E-state index is -0.660. The van der Waals surface area contributed by atoms with Gasteiger partial charge in [0.1, 0.15) is 5.82 Å². The molecule has 7 heteroatoms. The summed E-state index contributed by atoms with van der Waals surface area (Å²) in [6, 6.07) is 11.0. The van der Waals surface area contributed by atoms with Crippen LogP contribution in [0.2, 0.25) is 0 Å². The van der Waals surface area contributed by atoms with Crippen molar-refractivity contribution in [1.29, 1.82) is 0 Å². The quantitative estimate of drug-likeness (QED) is 0.804. The number of esters is 1. The van der Waals surface area contributed by atoms with E-state index in [0.717, 1.165) is 11.1 Å². The molecular formula is C21H21FN2O4. The normalized spacial score (nSPS) is 16.2. The number of nitrogens with one attached hydrogen (secondary N) is 1. The van der Waals surface area contributed by atoms with E-state index in [0.29, 0.717) is 11.4 Å². The van der Waals surface area contributed by atoms with Gasteiger partial charge in [-0.1, -0.05) is 6.07 Å². The zero-order chi connectivity index (χ0) is 20.3. The molecule has 1 heterocycles. The second-order valence-corrected chi connectivity index (χ2v) is 6.84. The topological polar surface area (TPSA) is 75.7 Å². The summed E-state index contributed by atoms with van der Waals surface area (Å²) in [5, 5.41) is 2.68. The van der Waals surface area contributed by atoms with Crippen LogP contribution in [0.4, 0.5) is 15.8 Å². The largest absolute Gasteiger partial charge is 0.455 e. The number of carbonyl (C=O) groups excluding carboxylic acids is 3. The number of carbonyl (C=O) groups is 3. The molecule has 0 spiro atoms. The molecule has 0 bridgehead atoms. The monoisotopic (exact) mass is 384 g/mol. The van der Waals surface area contributed by atoms with Crippen LogP contribution in [0, 0.1) is 25.6 Å². The first-order valence-electron chi connectivity index (χ1n) is 8.93. The van der Waals surface area contributed by atoms with Crippen molar-refractivity contribution >= 4 is 29.2 Å². The molecule has 1 fully saturated rings. The summed E-state index contributed by atoms with van der Waals surface area (Å²) in [6.07, 6.45) is -0.00497. The molecule has 1 atom stereocenters. The van der Waals surface area contributed by atoms with Crippen molar-refractivity contribution in [1.82, 2.24) is 0 Å². The van der Waals surface area contributed by atoms with Crippen molar-refractivity contribution in [3.8, 4) is 0 Å². The summed E-state index contributed by atoms with van der Waals surface area (Å²) in [6.45, 7) is 3.63. The molecule has 1 aliphatic rings. The summed E-state index contributed by atoms with van der Waals surface area (Å²) < 4.78 is 18.1. The lowest BCUT2D eigenvalue weighted by atomic mass is 10.1. The lowest BCUT2D eigenvalue weighted by Crippen LogP contribution is -2.28. The van der Waals surface area contributed by atoms with Crippen LogP contribution >= 0.6 is 0 Å². The fourth-order valence-electron chi connectivity index (χ4n) is 3.01. The van der Waals surface area contributed by atoms with Gasteiger partial charge in [0.2, 0.25) is 5.91 Å². The highest BCUT2D eigenvalue weighted by Crippen LogP contribution is 2.26. The van der Waals surface area contributed by atoms with Crippen molar-refractivity contribution < 1.29 is 23.5 Å². The van der Waals surface area contributed by atoms with Gasteiger partial charge in [0.05, 0.1) is 5.92 Å². The fraction of sp³-hybridized carbons (Fsp3) is 0.286. The number of rotatable bonds is 5. The van der Waals surface area contributed by atoms with Crippen LogP contribution in [-0.2, 0) is 19.1 Å². The molecule has 0 aromatic heterocycles. The van der Waals surface area contributed by atoms with E-state index in [1.807, 2.05) is 26.0 Å². The highest BCUT2D eigenvalue weighted by Gasteiger charge is 2.36. The number of benzene rings is 2. The van der Waals surface area contributed by atoms with Gasteiger partial charge in [-0.3, -0.25) is 14.4 Å². The predicted octanol–water partition coefficient (Wildman–Crippen LogP) is 2.98. The fourth-order valence-corrected chi connectivity index (χ4v) is 3.01. The Morgan fingerprint density at radius 1 is 1.14 bits per heavy atom. The summed E-state index contributed by atoms with van der Waals surface area (Å²) in [4.78, 5) is 37.8. The van der Waals surface area contributed by atoms with Crippen LogP contribution in [-0.4, -0.2) is 30.9 Å². The van der Waals surface area contributed by atoms with Gasteiger partial charge in [0, 0.05) is 24.3 Å². The highest BCUT2D eigenvalue weighted by molar-refractivity contribution is 6.00. The van der Waals surface area contributed by atoms with Gasteiger partial charge >= 0.3 is 5.97 Å². The first kappa shape index (κ1) is 19.5. The van der Waals surface area contributed by atoms with Crippen molar-refractivity contribution in [3.63, 3.8) is 0 Å². The Kier molecular flexibility index (Phi) is 5.73. The van der Waals surface area contributed by atoms with Crippen molar-refractivity contribution in [2.45, 2.75) is 20.3 Å². The van der Waals surface area contributed by atoms with E-state index in [4.69, 9.17) is 4.74 Å². The van der Waals surface area contributed by atoms with Crippen LogP contribution in [0.5, 0.6) is 0 Å². The molecule has 2 aromatic rings. The van der Waals surface area contributed by atoms with Crippen LogP contribution < -0.4 is 10.2 Å². The zero-order valence-corrected chi connectivity index (χ0v) is 15.7. The average molecular weight is 384 g/mol. The Morgan fingerprint density at radius 3 is 2.54 bits per heavy atom. The predicted molar refractivity (Wildman–Crippen MR) is 102 cm³/mol. The van der Waals surface area contributed by atoms with E-state index in [1.165, 1.54) is 29.2 Å². The summed E-state index contributed by atoms with van der Waals surface area (Å²) in [5.41, 5.74) is 3.30. The third-order valence-electron chi connectivity index (χ3n) is 4.73. The minimum Gasteiger partial charge on any atom is -0.455 e. The van der Waals surface area contributed by atoms with Crippen LogP contribution in [0.3, 0.4) is 0 Å². The molecule has 0 aliphatic carbocycles. The molecular weight excluding hydrogens is 363 g/mol.